The summed E-state index contributed by atoms with van der Waals surface area (Å²) in [6, 6.07) is 6.00. The normalized spacial score (nSPS) is 21.8. The van der Waals surface area contributed by atoms with Gasteiger partial charge in [-0.05, 0) is 30.0 Å². The highest BCUT2D eigenvalue weighted by Crippen LogP contribution is 2.22. The molecule has 3 aliphatic rings. The van der Waals surface area contributed by atoms with Crippen LogP contribution in [0.15, 0.2) is 29.3 Å². The summed E-state index contributed by atoms with van der Waals surface area (Å²) in [4.78, 5) is 37.3. The van der Waals surface area contributed by atoms with E-state index >= 15 is 0 Å². The zero-order valence-corrected chi connectivity index (χ0v) is 19.8. The number of hydrogen-bond acceptors (Lipinski definition) is 5. The SMILES string of the molecule is CCCCCC[N+]1=C(CN2CCN(c3ccccc3F)CC2)N=C2C1C(=O)N(C)C(=O)N2C. The van der Waals surface area contributed by atoms with Gasteiger partial charge in [0.1, 0.15) is 12.4 Å². The molecule has 4 rings (SSSR count). The maximum absolute atomic E-state index is 14.2. The summed E-state index contributed by atoms with van der Waals surface area (Å²) in [5.74, 6) is 0.958. The number of imide groups is 1. The Bertz CT molecular complexity index is 969. The van der Waals surface area contributed by atoms with Crippen LogP contribution in [0, 0.1) is 5.82 Å². The number of anilines is 1. The molecule has 33 heavy (non-hydrogen) atoms. The molecule has 3 heterocycles. The van der Waals surface area contributed by atoms with Gasteiger partial charge in [0.2, 0.25) is 0 Å². The number of piperazine rings is 1. The third-order valence-electron chi connectivity index (χ3n) is 6.80. The van der Waals surface area contributed by atoms with Crippen molar-refractivity contribution in [3.8, 4) is 0 Å². The molecule has 1 aromatic carbocycles. The molecule has 0 N–H and O–H groups in total. The zero-order chi connectivity index (χ0) is 23.5. The largest absolute Gasteiger partial charge is 0.367 e. The molecular formula is C24H34FN6O2+. The van der Waals surface area contributed by atoms with Crippen molar-refractivity contribution in [1.82, 2.24) is 14.7 Å². The molecule has 0 aliphatic carbocycles. The number of aliphatic imine (C=N–C) groups is 1. The first-order valence-corrected chi connectivity index (χ1v) is 11.9. The number of rotatable bonds is 8. The minimum atomic E-state index is -0.533. The Morgan fingerprint density at radius 3 is 2.45 bits per heavy atom. The van der Waals surface area contributed by atoms with Crippen molar-refractivity contribution in [3.05, 3.63) is 30.1 Å². The molecular weight excluding hydrogens is 423 g/mol. The van der Waals surface area contributed by atoms with E-state index in [1.165, 1.54) is 22.9 Å². The van der Waals surface area contributed by atoms with Crippen LogP contribution in [-0.2, 0) is 4.79 Å². The zero-order valence-electron chi connectivity index (χ0n) is 19.8. The van der Waals surface area contributed by atoms with Crippen molar-refractivity contribution in [3.63, 3.8) is 0 Å². The van der Waals surface area contributed by atoms with E-state index in [1.807, 2.05) is 12.1 Å². The number of para-hydroxylation sites is 1. The molecule has 2 fully saturated rings. The van der Waals surface area contributed by atoms with Gasteiger partial charge >= 0.3 is 11.9 Å². The van der Waals surface area contributed by atoms with Crippen molar-refractivity contribution in [2.45, 2.75) is 38.6 Å². The highest BCUT2D eigenvalue weighted by molar-refractivity contribution is 6.23. The average molecular weight is 458 g/mol. The van der Waals surface area contributed by atoms with Gasteiger partial charge in [-0.3, -0.25) is 19.5 Å². The molecule has 3 aliphatic heterocycles. The number of carbonyl (C=O) groups is 2. The number of amides is 3. The molecule has 1 aromatic rings. The van der Waals surface area contributed by atoms with Crippen molar-refractivity contribution in [2.24, 2.45) is 4.99 Å². The lowest BCUT2D eigenvalue weighted by molar-refractivity contribution is -0.537. The van der Waals surface area contributed by atoms with Gasteiger partial charge in [-0.2, -0.15) is 0 Å². The number of amidine groups is 2. The summed E-state index contributed by atoms with van der Waals surface area (Å²) in [7, 11) is 3.22. The number of fused-ring (bicyclic) bond motifs is 1. The second kappa shape index (κ2) is 9.99. The Balaban J connectivity index is 1.49. The van der Waals surface area contributed by atoms with Crippen LogP contribution in [0.4, 0.5) is 14.9 Å². The molecule has 0 saturated carbocycles. The van der Waals surface area contributed by atoms with Crippen LogP contribution in [0.25, 0.3) is 0 Å². The number of halogens is 1. The van der Waals surface area contributed by atoms with Gasteiger partial charge in [-0.15, -0.1) is 0 Å². The first kappa shape index (κ1) is 23.4. The average Bonchev–Trinajstić information content (AvgIpc) is 3.18. The lowest BCUT2D eigenvalue weighted by Gasteiger charge is -2.35. The van der Waals surface area contributed by atoms with E-state index in [0.717, 1.165) is 64.2 Å². The van der Waals surface area contributed by atoms with Gasteiger partial charge in [-0.1, -0.05) is 31.9 Å². The first-order valence-electron chi connectivity index (χ1n) is 11.9. The van der Waals surface area contributed by atoms with E-state index in [2.05, 4.69) is 21.3 Å². The monoisotopic (exact) mass is 457 g/mol. The maximum Gasteiger partial charge on any atom is 0.333 e. The summed E-state index contributed by atoms with van der Waals surface area (Å²) in [5, 5.41) is 0. The molecule has 178 valence electrons. The molecule has 8 nitrogen and oxygen atoms in total. The molecule has 0 bridgehead atoms. The number of likely N-dealkylation sites (N-methyl/N-ethyl adjacent to an activating group) is 2. The molecule has 1 unspecified atom stereocenters. The second-order valence-electron chi connectivity index (χ2n) is 9.00. The Labute approximate surface area is 195 Å². The smallest absolute Gasteiger partial charge is 0.333 e. The van der Waals surface area contributed by atoms with E-state index in [-0.39, 0.29) is 17.8 Å². The van der Waals surface area contributed by atoms with Crippen LogP contribution in [0.1, 0.15) is 32.6 Å². The highest BCUT2D eigenvalue weighted by Gasteiger charge is 2.52. The molecule has 1 atom stereocenters. The summed E-state index contributed by atoms with van der Waals surface area (Å²) in [6.07, 6.45) is 4.38. The van der Waals surface area contributed by atoms with Crippen molar-refractivity contribution in [2.75, 3.05) is 58.3 Å². The van der Waals surface area contributed by atoms with Gasteiger partial charge in [0, 0.05) is 40.3 Å². The summed E-state index contributed by atoms with van der Waals surface area (Å²) >= 11 is 0. The van der Waals surface area contributed by atoms with E-state index in [1.54, 1.807) is 13.1 Å². The van der Waals surface area contributed by atoms with Crippen molar-refractivity contribution >= 4 is 29.3 Å². The first-order chi connectivity index (χ1) is 15.9. The number of carbonyl (C=O) groups excluding carboxylic acids is 2. The number of benzene rings is 1. The Morgan fingerprint density at radius 2 is 1.76 bits per heavy atom. The number of nitrogens with zero attached hydrogens (tertiary/aromatic N) is 6. The van der Waals surface area contributed by atoms with Gasteiger partial charge < -0.3 is 4.90 Å². The lowest BCUT2D eigenvalue weighted by atomic mass is 10.1. The Morgan fingerprint density at radius 1 is 1.03 bits per heavy atom. The molecule has 9 heteroatoms. The number of unbranched alkanes of at least 4 members (excludes halogenated alkanes) is 3. The maximum atomic E-state index is 14.2. The molecule has 0 spiro atoms. The van der Waals surface area contributed by atoms with Crippen LogP contribution < -0.4 is 4.90 Å². The van der Waals surface area contributed by atoms with Gasteiger partial charge in [-0.25, -0.2) is 13.8 Å². The number of urea groups is 1. The summed E-state index contributed by atoms with van der Waals surface area (Å²) < 4.78 is 16.3. The standard InChI is InChI=1S/C24H34FN6O2/c1-4-5-6-9-12-31-20(26-22-21(31)23(32)28(3)24(33)27(22)2)17-29-13-15-30(16-14-29)19-11-8-7-10-18(19)25/h7-8,10-11,21H,4-6,9,12-17H2,1-3H3/q+1. The third-order valence-corrected chi connectivity index (χ3v) is 6.80. The van der Waals surface area contributed by atoms with Crippen molar-refractivity contribution < 1.29 is 18.6 Å². The minimum absolute atomic E-state index is 0.194. The minimum Gasteiger partial charge on any atom is -0.367 e. The topological polar surface area (TPSA) is 62.5 Å². The van der Waals surface area contributed by atoms with E-state index in [4.69, 9.17) is 4.99 Å². The Hall–Kier alpha value is -2.81. The van der Waals surface area contributed by atoms with Crippen LogP contribution >= 0.6 is 0 Å². The van der Waals surface area contributed by atoms with Crippen LogP contribution in [0.5, 0.6) is 0 Å². The second-order valence-corrected chi connectivity index (χ2v) is 9.00. The molecule has 3 amide bonds. The fourth-order valence-electron chi connectivity index (χ4n) is 4.80. The lowest BCUT2D eigenvalue weighted by Crippen LogP contribution is -2.61. The van der Waals surface area contributed by atoms with Crippen LogP contribution in [0.2, 0.25) is 0 Å². The van der Waals surface area contributed by atoms with Gasteiger partial charge in [0.05, 0.1) is 12.2 Å². The van der Waals surface area contributed by atoms with Crippen LogP contribution in [-0.4, -0.2) is 102 Å². The molecule has 0 radical (unpaired) electrons. The summed E-state index contributed by atoms with van der Waals surface area (Å²) in [6.45, 7) is 6.53. The van der Waals surface area contributed by atoms with Crippen molar-refractivity contribution in [1.29, 1.82) is 0 Å². The fraction of sp³-hybridized carbons (Fsp3) is 0.583. The third kappa shape index (κ3) is 4.64. The van der Waals surface area contributed by atoms with Crippen LogP contribution in [0.3, 0.4) is 0 Å². The van der Waals surface area contributed by atoms with E-state index in [0.29, 0.717) is 18.1 Å². The number of hydrogen-bond donors (Lipinski definition) is 0. The predicted molar refractivity (Wildman–Crippen MR) is 126 cm³/mol. The molecule has 0 aromatic heterocycles. The van der Waals surface area contributed by atoms with E-state index in [9.17, 15) is 14.0 Å². The fourth-order valence-corrected chi connectivity index (χ4v) is 4.80. The highest BCUT2D eigenvalue weighted by atomic mass is 19.1. The Kier molecular flexibility index (Phi) is 7.07. The van der Waals surface area contributed by atoms with Gasteiger partial charge in [0.25, 0.3) is 17.8 Å². The van der Waals surface area contributed by atoms with E-state index < -0.39 is 6.04 Å². The predicted octanol–water partition coefficient (Wildman–Crippen LogP) is 2.24. The molecule has 2 saturated heterocycles. The quantitative estimate of drug-likeness (QED) is 0.444. The summed E-state index contributed by atoms with van der Waals surface area (Å²) in [5.41, 5.74) is 0.642. The van der Waals surface area contributed by atoms with Gasteiger partial charge in [0.15, 0.2) is 0 Å².